The Morgan fingerprint density at radius 3 is 2.19 bits per heavy atom. The van der Waals surface area contributed by atoms with Crippen LogP contribution in [0.4, 0.5) is 0 Å². The van der Waals surface area contributed by atoms with Crippen molar-refractivity contribution in [2.45, 2.75) is 13.0 Å². The summed E-state index contributed by atoms with van der Waals surface area (Å²) in [6, 6.07) is 13.4. The number of fused-ring (bicyclic) bond motifs is 2. The SMILES string of the molecule is C[C@@H](C(=O)N=c1sc2ccccc2n1C)N1C(=O)c2ccccc2C1=O. The normalized spacial score (nSPS) is 15.6. The van der Waals surface area contributed by atoms with Gasteiger partial charge in [-0.3, -0.25) is 19.3 Å². The van der Waals surface area contributed by atoms with E-state index >= 15 is 0 Å². The van der Waals surface area contributed by atoms with E-state index in [1.165, 1.54) is 18.3 Å². The number of aryl methyl sites for hydroxylation is 1. The highest BCUT2D eigenvalue weighted by Gasteiger charge is 2.40. The molecule has 0 fully saturated rings. The number of imide groups is 1. The summed E-state index contributed by atoms with van der Waals surface area (Å²) in [4.78, 5) is 43.4. The number of para-hydroxylation sites is 1. The van der Waals surface area contributed by atoms with Gasteiger partial charge in [0.05, 0.1) is 21.3 Å². The molecule has 1 aliphatic rings. The van der Waals surface area contributed by atoms with Crippen LogP contribution in [0.5, 0.6) is 0 Å². The van der Waals surface area contributed by atoms with Gasteiger partial charge in [-0.05, 0) is 31.2 Å². The first-order chi connectivity index (χ1) is 12.5. The third-order valence-electron chi connectivity index (χ3n) is 4.49. The van der Waals surface area contributed by atoms with E-state index in [4.69, 9.17) is 0 Å². The summed E-state index contributed by atoms with van der Waals surface area (Å²) in [5, 5.41) is 0. The van der Waals surface area contributed by atoms with Gasteiger partial charge in [-0.15, -0.1) is 0 Å². The molecule has 4 rings (SSSR count). The van der Waals surface area contributed by atoms with Crippen molar-refractivity contribution in [1.82, 2.24) is 9.47 Å². The van der Waals surface area contributed by atoms with Crippen molar-refractivity contribution < 1.29 is 14.4 Å². The van der Waals surface area contributed by atoms with Crippen molar-refractivity contribution in [2.75, 3.05) is 0 Å². The standard InChI is InChI=1S/C19H15N3O3S/c1-11(22-17(24)12-7-3-4-8-13(12)18(22)25)16(23)20-19-21(2)14-9-5-6-10-15(14)26-19/h3-11H,1-2H3/t11-/m0/s1. The average Bonchev–Trinajstić information content (AvgIpc) is 3.10. The highest BCUT2D eigenvalue weighted by atomic mass is 32.1. The second-order valence-electron chi connectivity index (χ2n) is 6.06. The van der Waals surface area contributed by atoms with E-state index in [9.17, 15) is 14.4 Å². The lowest BCUT2D eigenvalue weighted by atomic mass is 10.1. The largest absolute Gasteiger partial charge is 0.319 e. The molecule has 6 nitrogen and oxygen atoms in total. The molecule has 7 heteroatoms. The van der Waals surface area contributed by atoms with Crippen molar-refractivity contribution >= 4 is 39.3 Å². The second kappa shape index (κ2) is 6.03. The Balaban J connectivity index is 1.70. The Morgan fingerprint density at radius 2 is 1.58 bits per heavy atom. The number of nitrogens with zero attached hydrogens (tertiary/aromatic N) is 3. The van der Waals surface area contributed by atoms with Gasteiger partial charge in [0, 0.05) is 7.05 Å². The smallest absolute Gasteiger partial charge is 0.271 e. The number of amides is 3. The van der Waals surface area contributed by atoms with Gasteiger partial charge in [-0.25, -0.2) is 0 Å². The molecule has 2 heterocycles. The van der Waals surface area contributed by atoms with Crippen molar-refractivity contribution in [3.8, 4) is 0 Å². The monoisotopic (exact) mass is 365 g/mol. The van der Waals surface area contributed by atoms with Crippen molar-refractivity contribution in [1.29, 1.82) is 0 Å². The first-order valence-corrected chi connectivity index (χ1v) is 8.90. The molecule has 0 unspecified atom stereocenters. The number of carbonyl (C=O) groups excluding carboxylic acids is 3. The number of benzene rings is 2. The minimum atomic E-state index is -0.965. The Morgan fingerprint density at radius 1 is 1.00 bits per heavy atom. The Bertz CT molecular complexity index is 1110. The zero-order valence-corrected chi connectivity index (χ0v) is 15.0. The van der Waals surface area contributed by atoms with Crippen LogP contribution < -0.4 is 4.80 Å². The molecular weight excluding hydrogens is 350 g/mol. The lowest BCUT2D eigenvalue weighted by Gasteiger charge is -2.19. The number of hydrogen-bond acceptors (Lipinski definition) is 4. The summed E-state index contributed by atoms with van der Waals surface area (Å²) in [5.74, 6) is -1.44. The zero-order valence-electron chi connectivity index (χ0n) is 14.2. The van der Waals surface area contributed by atoms with E-state index in [-0.39, 0.29) is 0 Å². The maximum absolute atomic E-state index is 12.7. The first-order valence-electron chi connectivity index (χ1n) is 8.09. The summed E-state index contributed by atoms with van der Waals surface area (Å²) in [6.45, 7) is 1.53. The van der Waals surface area contributed by atoms with Crippen LogP contribution in [0.3, 0.4) is 0 Å². The zero-order chi connectivity index (χ0) is 18.4. The topological polar surface area (TPSA) is 71.7 Å². The van der Waals surface area contributed by atoms with Crippen LogP contribution in [0.1, 0.15) is 27.6 Å². The van der Waals surface area contributed by atoms with Crippen LogP contribution in [0, 0.1) is 0 Å². The van der Waals surface area contributed by atoms with Gasteiger partial charge in [0.25, 0.3) is 17.7 Å². The molecule has 0 saturated carbocycles. The van der Waals surface area contributed by atoms with E-state index in [2.05, 4.69) is 4.99 Å². The third-order valence-corrected chi connectivity index (χ3v) is 5.60. The molecule has 1 aliphatic heterocycles. The lowest BCUT2D eigenvalue weighted by Crippen LogP contribution is -2.42. The maximum atomic E-state index is 12.7. The van der Waals surface area contributed by atoms with Gasteiger partial charge in [0.2, 0.25) is 0 Å². The summed E-state index contributed by atoms with van der Waals surface area (Å²) in [6.07, 6.45) is 0. The highest BCUT2D eigenvalue weighted by molar-refractivity contribution is 7.16. The summed E-state index contributed by atoms with van der Waals surface area (Å²) in [5.41, 5.74) is 1.62. The van der Waals surface area contributed by atoms with Gasteiger partial charge in [-0.1, -0.05) is 35.6 Å². The molecule has 1 atom stereocenters. The molecule has 1 aromatic heterocycles. The van der Waals surface area contributed by atoms with Crippen LogP contribution >= 0.6 is 11.3 Å². The number of carbonyl (C=O) groups is 3. The number of thiazole rings is 1. The average molecular weight is 365 g/mol. The predicted molar refractivity (Wildman–Crippen MR) is 97.8 cm³/mol. The number of hydrogen-bond donors (Lipinski definition) is 0. The van der Waals surface area contributed by atoms with Gasteiger partial charge < -0.3 is 4.57 Å². The van der Waals surface area contributed by atoms with Crippen molar-refractivity contribution in [3.05, 3.63) is 64.5 Å². The molecule has 3 amide bonds. The van der Waals surface area contributed by atoms with Crippen LogP contribution in [0.2, 0.25) is 0 Å². The second-order valence-corrected chi connectivity index (χ2v) is 7.07. The van der Waals surface area contributed by atoms with Crippen LogP contribution in [-0.2, 0) is 11.8 Å². The molecule has 0 spiro atoms. The van der Waals surface area contributed by atoms with Gasteiger partial charge in [0.15, 0.2) is 4.80 Å². The van der Waals surface area contributed by atoms with Crippen LogP contribution in [0.25, 0.3) is 10.2 Å². The molecule has 26 heavy (non-hydrogen) atoms. The minimum Gasteiger partial charge on any atom is -0.319 e. The molecule has 0 aliphatic carbocycles. The summed E-state index contributed by atoms with van der Waals surface area (Å²) in [7, 11) is 1.83. The molecule has 3 aromatic rings. The van der Waals surface area contributed by atoms with Crippen molar-refractivity contribution in [3.63, 3.8) is 0 Å². The van der Waals surface area contributed by atoms with Crippen molar-refractivity contribution in [2.24, 2.45) is 12.0 Å². The van der Waals surface area contributed by atoms with Crippen LogP contribution in [0.15, 0.2) is 53.5 Å². The lowest BCUT2D eigenvalue weighted by molar-refractivity contribution is -0.121. The molecule has 2 aromatic carbocycles. The predicted octanol–water partition coefficient (Wildman–Crippen LogP) is 2.35. The Labute approximate surface area is 153 Å². The van der Waals surface area contributed by atoms with Gasteiger partial charge in [-0.2, -0.15) is 4.99 Å². The summed E-state index contributed by atoms with van der Waals surface area (Å²) >= 11 is 1.39. The van der Waals surface area contributed by atoms with Crippen LogP contribution in [-0.4, -0.2) is 33.2 Å². The van der Waals surface area contributed by atoms with Gasteiger partial charge >= 0.3 is 0 Å². The third kappa shape index (κ3) is 2.40. The quantitative estimate of drug-likeness (QED) is 0.655. The molecule has 0 N–H and O–H groups in total. The summed E-state index contributed by atoms with van der Waals surface area (Å²) < 4.78 is 2.84. The Hall–Kier alpha value is -3.06. The van der Waals surface area contributed by atoms with Gasteiger partial charge in [0.1, 0.15) is 6.04 Å². The number of aromatic nitrogens is 1. The first kappa shape index (κ1) is 16.4. The Kier molecular flexibility index (Phi) is 3.81. The fraction of sp³-hybridized carbons (Fsp3) is 0.158. The number of rotatable bonds is 2. The molecule has 0 radical (unpaired) electrons. The fourth-order valence-electron chi connectivity index (χ4n) is 3.05. The maximum Gasteiger partial charge on any atom is 0.271 e. The molecular formula is C19H15N3O3S. The van der Waals surface area contributed by atoms with E-state index in [0.717, 1.165) is 15.1 Å². The van der Waals surface area contributed by atoms with E-state index in [0.29, 0.717) is 15.9 Å². The highest BCUT2D eigenvalue weighted by Crippen LogP contribution is 2.24. The molecule has 0 bridgehead atoms. The van der Waals surface area contributed by atoms with E-state index < -0.39 is 23.8 Å². The van der Waals surface area contributed by atoms with E-state index in [1.807, 2.05) is 35.9 Å². The molecule has 0 saturated heterocycles. The molecule has 130 valence electrons. The van der Waals surface area contributed by atoms with E-state index in [1.54, 1.807) is 24.3 Å². The minimum absolute atomic E-state index is 0.324. The fourth-order valence-corrected chi connectivity index (χ4v) is 4.07.